The molecule has 1 aromatic carbocycles. The molecule has 3 rings (SSSR count). The van der Waals surface area contributed by atoms with Crippen molar-refractivity contribution in [1.82, 2.24) is 10.2 Å². The minimum absolute atomic E-state index is 0. The summed E-state index contributed by atoms with van der Waals surface area (Å²) >= 11 is 0. The number of piperazine rings is 1. The number of rotatable bonds is 3. The Bertz CT molecular complexity index is 557. The van der Waals surface area contributed by atoms with Crippen LogP contribution in [0, 0.1) is 13.8 Å². The molecule has 1 aromatic rings. The van der Waals surface area contributed by atoms with Crippen molar-refractivity contribution in [1.29, 1.82) is 0 Å². The van der Waals surface area contributed by atoms with Crippen molar-refractivity contribution in [2.24, 2.45) is 0 Å². The highest BCUT2D eigenvalue weighted by Crippen LogP contribution is 2.24. The van der Waals surface area contributed by atoms with Crippen molar-refractivity contribution in [3.63, 3.8) is 0 Å². The van der Waals surface area contributed by atoms with Crippen LogP contribution in [0.4, 0.5) is 5.69 Å². The third-order valence-electron chi connectivity index (χ3n) is 4.97. The Morgan fingerprint density at radius 1 is 1.20 bits per heavy atom. The number of benzene rings is 1. The van der Waals surface area contributed by atoms with Crippen molar-refractivity contribution in [3.8, 4) is 0 Å². The number of halogens is 2. The Kier molecular flexibility index (Phi) is 9.00. The maximum Gasteiger partial charge on any atom is 0.224 e. The second-order valence-electron chi connectivity index (χ2n) is 6.52. The lowest BCUT2D eigenvalue weighted by atomic mass is 10.1. The van der Waals surface area contributed by atoms with E-state index in [4.69, 9.17) is 4.74 Å². The number of carbonyl (C=O) groups is 1. The van der Waals surface area contributed by atoms with Crippen LogP contribution in [0.5, 0.6) is 0 Å². The van der Waals surface area contributed by atoms with Gasteiger partial charge in [0.2, 0.25) is 5.91 Å². The topological polar surface area (TPSA) is 44.8 Å². The number of morpholine rings is 1. The summed E-state index contributed by atoms with van der Waals surface area (Å²) in [4.78, 5) is 16.8. The highest BCUT2D eigenvalue weighted by Gasteiger charge is 2.25. The van der Waals surface area contributed by atoms with E-state index in [1.54, 1.807) is 0 Å². The first-order valence-corrected chi connectivity index (χ1v) is 8.55. The molecule has 0 radical (unpaired) electrons. The van der Waals surface area contributed by atoms with E-state index in [1.165, 1.54) is 16.8 Å². The number of anilines is 1. The molecular weight excluding hydrogens is 361 g/mol. The van der Waals surface area contributed by atoms with Gasteiger partial charge >= 0.3 is 0 Å². The van der Waals surface area contributed by atoms with E-state index in [0.29, 0.717) is 13.0 Å². The zero-order valence-electron chi connectivity index (χ0n) is 15.0. The van der Waals surface area contributed by atoms with Gasteiger partial charge in [0.15, 0.2) is 0 Å². The fraction of sp³-hybridized carbons (Fsp3) is 0.611. The first-order valence-electron chi connectivity index (χ1n) is 8.55. The summed E-state index contributed by atoms with van der Waals surface area (Å²) in [5.74, 6) is 0.244. The third-order valence-corrected chi connectivity index (χ3v) is 4.97. The molecular formula is C18H29Cl2N3O2. The number of aryl methyl sites for hydroxylation is 1. The van der Waals surface area contributed by atoms with Gasteiger partial charge in [0.25, 0.3) is 0 Å². The molecule has 0 aromatic heterocycles. The maximum absolute atomic E-state index is 12.4. The van der Waals surface area contributed by atoms with Crippen molar-refractivity contribution in [2.75, 3.05) is 50.8 Å². The molecule has 2 heterocycles. The number of hydrogen-bond acceptors (Lipinski definition) is 4. The van der Waals surface area contributed by atoms with Crippen molar-refractivity contribution in [2.45, 2.75) is 26.3 Å². The predicted octanol–water partition coefficient (Wildman–Crippen LogP) is 2.17. The molecule has 1 N–H and O–H groups in total. The standard InChI is InChI=1S/C18H27N3O2.2ClH/c1-14-4-3-5-17(15(14)2)20-7-9-21(10-8-20)18(22)12-16-13-23-11-6-19-16;;/h3-5,16,19H,6-13H2,1-2H3;2*1H. The first kappa shape index (κ1) is 22.0. The zero-order chi connectivity index (χ0) is 16.2. The first-order chi connectivity index (χ1) is 11.1. The van der Waals surface area contributed by atoms with Crippen LogP contribution in [0.25, 0.3) is 0 Å². The lowest BCUT2D eigenvalue weighted by Crippen LogP contribution is -2.51. The summed E-state index contributed by atoms with van der Waals surface area (Å²) < 4.78 is 5.43. The van der Waals surface area contributed by atoms with Crippen molar-refractivity contribution >= 4 is 36.4 Å². The van der Waals surface area contributed by atoms with Crippen LogP contribution in [0.3, 0.4) is 0 Å². The Hall–Kier alpha value is -1.01. The molecule has 1 amide bonds. The van der Waals surface area contributed by atoms with Gasteiger partial charge in [-0.15, -0.1) is 24.8 Å². The molecule has 0 spiro atoms. The largest absolute Gasteiger partial charge is 0.378 e. The average Bonchev–Trinajstić information content (AvgIpc) is 2.58. The van der Waals surface area contributed by atoms with E-state index in [9.17, 15) is 4.79 Å². The smallest absolute Gasteiger partial charge is 0.224 e. The maximum atomic E-state index is 12.4. The Morgan fingerprint density at radius 2 is 1.92 bits per heavy atom. The number of ether oxygens (including phenoxy) is 1. The van der Waals surface area contributed by atoms with Gasteiger partial charge in [-0.2, -0.15) is 0 Å². The van der Waals surface area contributed by atoms with Gasteiger partial charge < -0.3 is 19.9 Å². The molecule has 2 saturated heterocycles. The summed E-state index contributed by atoms with van der Waals surface area (Å²) in [7, 11) is 0. The molecule has 1 atom stereocenters. The molecule has 5 nitrogen and oxygen atoms in total. The third kappa shape index (κ3) is 5.48. The fourth-order valence-electron chi connectivity index (χ4n) is 3.37. The Labute approximate surface area is 162 Å². The summed E-state index contributed by atoms with van der Waals surface area (Å²) in [6.07, 6.45) is 0.545. The molecule has 2 aliphatic heterocycles. The zero-order valence-corrected chi connectivity index (χ0v) is 16.6. The van der Waals surface area contributed by atoms with Crippen LogP contribution in [0.2, 0.25) is 0 Å². The van der Waals surface area contributed by atoms with Gasteiger partial charge in [-0.05, 0) is 31.0 Å². The number of nitrogens with zero attached hydrogens (tertiary/aromatic N) is 2. The van der Waals surface area contributed by atoms with Crippen LogP contribution in [0.1, 0.15) is 17.5 Å². The van der Waals surface area contributed by atoms with Gasteiger partial charge in [-0.3, -0.25) is 4.79 Å². The molecule has 0 aliphatic carbocycles. The second kappa shape index (κ2) is 10.2. The van der Waals surface area contributed by atoms with Gasteiger partial charge in [-0.1, -0.05) is 12.1 Å². The predicted molar refractivity (Wildman–Crippen MR) is 106 cm³/mol. The van der Waals surface area contributed by atoms with E-state index in [-0.39, 0.29) is 36.8 Å². The molecule has 7 heteroatoms. The quantitative estimate of drug-likeness (QED) is 0.860. The average molecular weight is 390 g/mol. The van der Waals surface area contributed by atoms with Gasteiger partial charge in [0.05, 0.1) is 13.2 Å². The summed E-state index contributed by atoms with van der Waals surface area (Å²) in [5.41, 5.74) is 3.97. The SMILES string of the molecule is Cc1cccc(N2CCN(C(=O)CC3COCCN3)CC2)c1C.Cl.Cl. The molecule has 142 valence electrons. The number of hydrogen-bond donors (Lipinski definition) is 1. The lowest BCUT2D eigenvalue weighted by molar-refractivity contribution is -0.132. The highest BCUT2D eigenvalue weighted by atomic mass is 35.5. The molecule has 2 fully saturated rings. The van der Waals surface area contributed by atoms with E-state index in [1.807, 2.05) is 4.90 Å². The summed E-state index contributed by atoms with van der Waals surface area (Å²) in [6, 6.07) is 6.62. The summed E-state index contributed by atoms with van der Waals surface area (Å²) in [6.45, 7) is 10.00. The number of carbonyl (C=O) groups excluding carboxylic acids is 1. The number of nitrogens with one attached hydrogen (secondary N) is 1. The minimum atomic E-state index is 0. The van der Waals surface area contributed by atoms with Crippen LogP contribution in [-0.2, 0) is 9.53 Å². The molecule has 1 unspecified atom stereocenters. The second-order valence-corrected chi connectivity index (χ2v) is 6.52. The lowest BCUT2D eigenvalue weighted by Gasteiger charge is -2.37. The molecule has 0 bridgehead atoms. The molecule has 25 heavy (non-hydrogen) atoms. The molecule has 2 aliphatic rings. The Balaban J connectivity index is 0.00000156. The summed E-state index contributed by atoms with van der Waals surface area (Å²) in [5, 5.41) is 3.35. The van der Waals surface area contributed by atoms with Crippen molar-refractivity contribution < 1.29 is 9.53 Å². The normalized spacial score (nSPS) is 20.5. The van der Waals surface area contributed by atoms with Crippen molar-refractivity contribution in [3.05, 3.63) is 29.3 Å². The van der Waals surface area contributed by atoms with E-state index >= 15 is 0 Å². The minimum Gasteiger partial charge on any atom is -0.378 e. The van der Waals surface area contributed by atoms with E-state index in [0.717, 1.165) is 39.3 Å². The number of amides is 1. The van der Waals surface area contributed by atoms with E-state index < -0.39 is 0 Å². The highest BCUT2D eigenvalue weighted by molar-refractivity contribution is 5.85. The van der Waals surface area contributed by atoms with Gasteiger partial charge in [0.1, 0.15) is 0 Å². The van der Waals surface area contributed by atoms with Gasteiger partial charge in [0, 0.05) is 50.9 Å². The molecule has 0 saturated carbocycles. The van der Waals surface area contributed by atoms with Crippen LogP contribution >= 0.6 is 24.8 Å². The fourth-order valence-corrected chi connectivity index (χ4v) is 3.37. The van der Waals surface area contributed by atoms with E-state index in [2.05, 4.69) is 42.3 Å². The monoisotopic (exact) mass is 389 g/mol. The van der Waals surface area contributed by atoms with Crippen LogP contribution < -0.4 is 10.2 Å². The van der Waals surface area contributed by atoms with Crippen LogP contribution in [0.15, 0.2) is 18.2 Å². The Morgan fingerprint density at radius 3 is 2.56 bits per heavy atom. The van der Waals surface area contributed by atoms with Crippen LogP contribution in [-0.4, -0.2) is 62.8 Å². The van der Waals surface area contributed by atoms with Gasteiger partial charge in [-0.25, -0.2) is 0 Å².